The van der Waals surface area contributed by atoms with Crippen molar-refractivity contribution in [2.75, 3.05) is 0 Å². The predicted octanol–water partition coefficient (Wildman–Crippen LogP) is 4.43. The summed E-state index contributed by atoms with van der Waals surface area (Å²) in [4.78, 5) is 10.7. The minimum Gasteiger partial charge on any atom is -0.481 e. The van der Waals surface area contributed by atoms with Crippen molar-refractivity contribution < 1.29 is 9.90 Å². The Hall–Kier alpha value is -0.730. The molecule has 17 heavy (non-hydrogen) atoms. The molecule has 0 aliphatic rings. The lowest BCUT2D eigenvalue weighted by Gasteiger charge is -2.22. The number of carboxylic acid groups (broad SMARTS) is 1. The molecule has 1 rings (SSSR count). The van der Waals surface area contributed by atoms with Crippen LogP contribution in [0.5, 0.6) is 0 Å². The lowest BCUT2D eigenvalue weighted by molar-refractivity contribution is -0.139. The van der Waals surface area contributed by atoms with Crippen LogP contribution in [0, 0.1) is 5.41 Å². The first-order valence-corrected chi connectivity index (χ1v) is 6.21. The molecule has 0 bridgehead atoms. The van der Waals surface area contributed by atoms with E-state index in [1.54, 1.807) is 12.1 Å². The van der Waals surface area contributed by atoms with Gasteiger partial charge < -0.3 is 5.11 Å². The van der Waals surface area contributed by atoms with E-state index in [0.717, 1.165) is 18.4 Å². The van der Waals surface area contributed by atoms with E-state index in [0.29, 0.717) is 10.0 Å². The molecule has 4 heteroatoms. The van der Waals surface area contributed by atoms with E-state index in [4.69, 9.17) is 28.3 Å². The first kappa shape index (κ1) is 14.3. The summed E-state index contributed by atoms with van der Waals surface area (Å²) in [6.45, 7) is 3.89. The van der Waals surface area contributed by atoms with Gasteiger partial charge in [-0.3, -0.25) is 4.79 Å². The van der Waals surface area contributed by atoms with Crippen LogP contribution in [0.15, 0.2) is 18.2 Å². The van der Waals surface area contributed by atoms with Gasteiger partial charge in [0.15, 0.2) is 0 Å². The van der Waals surface area contributed by atoms with Gasteiger partial charge >= 0.3 is 5.97 Å². The molecule has 94 valence electrons. The molecular formula is C13H16Cl2O2. The minimum absolute atomic E-state index is 0.158. The van der Waals surface area contributed by atoms with Gasteiger partial charge in [0, 0.05) is 10.0 Å². The summed E-state index contributed by atoms with van der Waals surface area (Å²) >= 11 is 12.0. The molecule has 0 amide bonds. The summed E-state index contributed by atoms with van der Waals surface area (Å²) in [7, 11) is 0. The third kappa shape index (κ3) is 4.97. The zero-order chi connectivity index (χ0) is 13.1. The molecule has 0 radical (unpaired) electrons. The van der Waals surface area contributed by atoms with Gasteiger partial charge in [-0.15, -0.1) is 0 Å². The summed E-state index contributed by atoms with van der Waals surface area (Å²) in [5.74, 6) is -0.771. The van der Waals surface area contributed by atoms with Gasteiger partial charge in [-0.2, -0.15) is 0 Å². The van der Waals surface area contributed by atoms with E-state index in [1.807, 2.05) is 19.9 Å². The third-order valence-electron chi connectivity index (χ3n) is 2.71. The number of hydrogen-bond donors (Lipinski definition) is 1. The number of carboxylic acids is 1. The third-order valence-corrected chi connectivity index (χ3v) is 3.31. The van der Waals surface area contributed by atoms with Crippen LogP contribution in [-0.2, 0) is 11.2 Å². The second kappa shape index (κ2) is 5.74. The highest BCUT2D eigenvalue weighted by Crippen LogP contribution is 2.29. The zero-order valence-electron chi connectivity index (χ0n) is 9.96. The molecule has 0 saturated carbocycles. The molecule has 0 spiro atoms. The molecule has 0 heterocycles. The van der Waals surface area contributed by atoms with Crippen LogP contribution in [0.2, 0.25) is 10.0 Å². The van der Waals surface area contributed by atoms with Crippen molar-refractivity contribution >= 4 is 29.2 Å². The first-order valence-electron chi connectivity index (χ1n) is 5.46. The number of hydrogen-bond acceptors (Lipinski definition) is 1. The standard InChI is InChI=1S/C13H16Cl2O2/c1-13(2,8-12(16)17)6-5-9-7-10(14)3-4-11(9)15/h3-4,7H,5-6,8H2,1-2H3,(H,16,17). The molecule has 0 unspecified atom stereocenters. The second-order valence-corrected chi connectivity index (χ2v) is 5.81. The van der Waals surface area contributed by atoms with Crippen molar-refractivity contribution in [3.63, 3.8) is 0 Å². The molecule has 0 aromatic heterocycles. The Labute approximate surface area is 112 Å². The van der Waals surface area contributed by atoms with E-state index >= 15 is 0 Å². The van der Waals surface area contributed by atoms with Crippen LogP contribution < -0.4 is 0 Å². The predicted molar refractivity (Wildman–Crippen MR) is 70.8 cm³/mol. The Bertz CT molecular complexity index is 414. The van der Waals surface area contributed by atoms with Crippen LogP contribution in [0.25, 0.3) is 0 Å². The monoisotopic (exact) mass is 274 g/mol. The maximum absolute atomic E-state index is 10.7. The quantitative estimate of drug-likeness (QED) is 0.863. The molecule has 1 N–H and O–H groups in total. The first-order chi connectivity index (χ1) is 7.80. The van der Waals surface area contributed by atoms with Gasteiger partial charge in [0.1, 0.15) is 0 Å². The Morgan fingerprint density at radius 3 is 2.59 bits per heavy atom. The molecule has 1 aromatic rings. The lowest BCUT2D eigenvalue weighted by atomic mass is 9.83. The number of rotatable bonds is 5. The van der Waals surface area contributed by atoms with Gasteiger partial charge in [-0.1, -0.05) is 37.0 Å². The number of halogens is 2. The molecule has 2 nitrogen and oxygen atoms in total. The van der Waals surface area contributed by atoms with Gasteiger partial charge in [0.25, 0.3) is 0 Å². The van der Waals surface area contributed by atoms with E-state index in [2.05, 4.69) is 0 Å². The Balaban J connectivity index is 2.66. The van der Waals surface area contributed by atoms with Crippen molar-refractivity contribution in [2.24, 2.45) is 5.41 Å². The van der Waals surface area contributed by atoms with Crippen LogP contribution >= 0.6 is 23.2 Å². The zero-order valence-corrected chi connectivity index (χ0v) is 11.5. The van der Waals surface area contributed by atoms with Crippen molar-refractivity contribution in [2.45, 2.75) is 33.1 Å². The second-order valence-electron chi connectivity index (χ2n) is 4.97. The van der Waals surface area contributed by atoms with Crippen LogP contribution in [0.4, 0.5) is 0 Å². The van der Waals surface area contributed by atoms with Gasteiger partial charge in [-0.05, 0) is 42.0 Å². The highest BCUT2D eigenvalue weighted by Gasteiger charge is 2.21. The van der Waals surface area contributed by atoms with Crippen molar-refractivity contribution in [1.82, 2.24) is 0 Å². The molecule has 0 aliphatic carbocycles. The Morgan fingerprint density at radius 1 is 1.35 bits per heavy atom. The van der Waals surface area contributed by atoms with E-state index in [1.165, 1.54) is 0 Å². The smallest absolute Gasteiger partial charge is 0.303 e. The van der Waals surface area contributed by atoms with Crippen LogP contribution in [0.1, 0.15) is 32.3 Å². The highest BCUT2D eigenvalue weighted by molar-refractivity contribution is 6.33. The average molecular weight is 275 g/mol. The molecule has 0 saturated heterocycles. The SMILES string of the molecule is CC(C)(CCc1cc(Cl)ccc1Cl)CC(=O)O. The maximum atomic E-state index is 10.7. The molecule has 0 aliphatic heterocycles. The number of aliphatic carboxylic acids is 1. The Morgan fingerprint density at radius 2 is 2.00 bits per heavy atom. The molecule has 0 atom stereocenters. The summed E-state index contributed by atoms with van der Waals surface area (Å²) < 4.78 is 0. The summed E-state index contributed by atoms with van der Waals surface area (Å²) in [6, 6.07) is 5.35. The fraction of sp³-hybridized carbons (Fsp3) is 0.462. The lowest BCUT2D eigenvalue weighted by Crippen LogP contribution is -2.17. The molecular weight excluding hydrogens is 259 g/mol. The van der Waals surface area contributed by atoms with E-state index in [-0.39, 0.29) is 11.8 Å². The normalized spacial score (nSPS) is 11.5. The Kier molecular flexibility index (Phi) is 4.84. The molecule has 0 fully saturated rings. The fourth-order valence-corrected chi connectivity index (χ4v) is 2.11. The number of carbonyl (C=O) groups is 1. The summed E-state index contributed by atoms with van der Waals surface area (Å²) in [5.41, 5.74) is 0.731. The van der Waals surface area contributed by atoms with Gasteiger partial charge in [0.2, 0.25) is 0 Å². The number of benzene rings is 1. The largest absolute Gasteiger partial charge is 0.481 e. The van der Waals surface area contributed by atoms with Crippen molar-refractivity contribution in [3.8, 4) is 0 Å². The van der Waals surface area contributed by atoms with Gasteiger partial charge in [-0.25, -0.2) is 0 Å². The topological polar surface area (TPSA) is 37.3 Å². The van der Waals surface area contributed by atoms with Crippen molar-refractivity contribution in [3.05, 3.63) is 33.8 Å². The van der Waals surface area contributed by atoms with Crippen molar-refractivity contribution in [1.29, 1.82) is 0 Å². The van der Waals surface area contributed by atoms with E-state index < -0.39 is 5.97 Å². The summed E-state index contributed by atoms with van der Waals surface area (Å²) in [6.07, 6.45) is 1.66. The molecule has 1 aromatic carbocycles. The minimum atomic E-state index is -0.771. The number of aryl methyl sites for hydroxylation is 1. The maximum Gasteiger partial charge on any atom is 0.303 e. The van der Waals surface area contributed by atoms with Crippen LogP contribution in [0.3, 0.4) is 0 Å². The summed E-state index contributed by atoms with van der Waals surface area (Å²) in [5, 5.41) is 10.1. The van der Waals surface area contributed by atoms with Gasteiger partial charge in [0.05, 0.1) is 6.42 Å². The highest BCUT2D eigenvalue weighted by atomic mass is 35.5. The fourth-order valence-electron chi connectivity index (χ4n) is 1.71. The van der Waals surface area contributed by atoms with E-state index in [9.17, 15) is 4.79 Å². The van der Waals surface area contributed by atoms with Crippen LogP contribution in [-0.4, -0.2) is 11.1 Å². The average Bonchev–Trinajstić information content (AvgIpc) is 2.17.